The van der Waals surface area contributed by atoms with Crippen LogP contribution in [0.1, 0.15) is 11.1 Å². The van der Waals surface area contributed by atoms with E-state index < -0.39 is 0 Å². The fourth-order valence-corrected chi connectivity index (χ4v) is 3.87. The highest BCUT2D eigenvalue weighted by Gasteiger charge is 2.08. The van der Waals surface area contributed by atoms with Gasteiger partial charge in [0.2, 0.25) is 5.91 Å². The molecule has 0 aliphatic carbocycles. The van der Waals surface area contributed by atoms with Crippen LogP contribution in [0, 0.1) is 3.57 Å². The lowest BCUT2D eigenvalue weighted by Crippen LogP contribution is -2.19. The van der Waals surface area contributed by atoms with Crippen LogP contribution < -0.4 is 10.2 Å². The molecule has 0 bridgehead atoms. The van der Waals surface area contributed by atoms with Crippen LogP contribution in [0.4, 0.5) is 0 Å². The van der Waals surface area contributed by atoms with Crippen LogP contribution in [0.5, 0.6) is 5.75 Å². The normalized spacial score (nSPS) is 11.0. The number of fused-ring (bicyclic) bond motifs is 1. The number of hydrogen-bond acceptors (Lipinski definition) is 3. The minimum absolute atomic E-state index is 0.156. The minimum Gasteiger partial charge on any atom is -0.496 e. The number of carbonyl (C=O) groups is 1. The van der Waals surface area contributed by atoms with E-state index in [0.717, 1.165) is 35.7 Å². The van der Waals surface area contributed by atoms with E-state index in [1.807, 2.05) is 54.6 Å². The first-order valence-electron chi connectivity index (χ1n) is 7.90. The molecule has 0 heterocycles. The van der Waals surface area contributed by atoms with Crippen molar-refractivity contribution in [3.8, 4) is 5.75 Å². The van der Waals surface area contributed by atoms with Crippen molar-refractivity contribution in [2.75, 3.05) is 7.11 Å². The number of benzene rings is 3. The summed E-state index contributed by atoms with van der Waals surface area (Å²) < 4.78 is 7.23. The molecule has 3 aromatic rings. The van der Waals surface area contributed by atoms with E-state index in [9.17, 15) is 4.79 Å². The second-order valence-electron chi connectivity index (χ2n) is 5.62. The van der Waals surface area contributed by atoms with Gasteiger partial charge in [-0.2, -0.15) is 5.10 Å². The Bertz CT molecular complexity index is 989. The molecule has 0 aromatic heterocycles. The van der Waals surface area contributed by atoms with Crippen molar-refractivity contribution in [3.63, 3.8) is 0 Å². The SMILES string of the molecule is COc1ccc(/C=N\NC(=O)Cc2ccc(Br)c3ccccc23)cc1I. The fourth-order valence-electron chi connectivity index (χ4n) is 2.63. The molecule has 0 aliphatic heterocycles. The van der Waals surface area contributed by atoms with Crippen LogP contribution >= 0.6 is 38.5 Å². The van der Waals surface area contributed by atoms with E-state index in [0.29, 0.717) is 0 Å². The van der Waals surface area contributed by atoms with Crippen LogP contribution in [0.2, 0.25) is 0 Å². The first-order chi connectivity index (χ1) is 12.6. The molecule has 0 unspecified atom stereocenters. The molecule has 6 heteroatoms. The maximum atomic E-state index is 12.2. The average Bonchev–Trinajstić information content (AvgIpc) is 2.64. The standard InChI is InChI=1S/C20H16BrIN2O2/c1-26-19-9-6-13(10-18(19)22)12-23-24-20(25)11-14-7-8-17(21)16-5-3-2-4-15(14)16/h2-10,12H,11H2,1H3,(H,24,25)/b23-12-. The average molecular weight is 523 g/mol. The highest BCUT2D eigenvalue weighted by Crippen LogP contribution is 2.27. The predicted octanol–water partition coefficient (Wildman–Crippen LogP) is 4.91. The molecule has 0 fully saturated rings. The van der Waals surface area contributed by atoms with Crippen molar-refractivity contribution in [3.05, 3.63) is 73.8 Å². The van der Waals surface area contributed by atoms with Gasteiger partial charge in [-0.1, -0.05) is 46.3 Å². The maximum absolute atomic E-state index is 12.2. The van der Waals surface area contributed by atoms with E-state index in [1.54, 1.807) is 13.3 Å². The highest BCUT2D eigenvalue weighted by atomic mass is 127. The molecule has 0 radical (unpaired) electrons. The molecule has 3 rings (SSSR count). The zero-order valence-corrected chi connectivity index (χ0v) is 17.7. The van der Waals surface area contributed by atoms with Crippen molar-refractivity contribution in [2.24, 2.45) is 5.10 Å². The van der Waals surface area contributed by atoms with E-state index in [1.165, 1.54) is 0 Å². The molecule has 0 saturated heterocycles. The summed E-state index contributed by atoms with van der Waals surface area (Å²) in [6, 6.07) is 17.6. The van der Waals surface area contributed by atoms with Crippen molar-refractivity contribution < 1.29 is 9.53 Å². The van der Waals surface area contributed by atoms with E-state index in [2.05, 4.69) is 49.0 Å². The minimum atomic E-state index is -0.156. The molecule has 26 heavy (non-hydrogen) atoms. The molecule has 0 atom stereocenters. The third-order valence-electron chi connectivity index (χ3n) is 3.89. The van der Waals surface area contributed by atoms with Gasteiger partial charge >= 0.3 is 0 Å². The summed E-state index contributed by atoms with van der Waals surface area (Å²) in [7, 11) is 1.64. The fraction of sp³-hybridized carbons (Fsp3) is 0.100. The van der Waals surface area contributed by atoms with Gasteiger partial charge in [-0.05, 0) is 68.8 Å². The molecule has 4 nitrogen and oxygen atoms in total. The number of hydrogen-bond donors (Lipinski definition) is 1. The summed E-state index contributed by atoms with van der Waals surface area (Å²) in [6.45, 7) is 0. The van der Waals surface area contributed by atoms with E-state index in [4.69, 9.17) is 4.74 Å². The summed E-state index contributed by atoms with van der Waals surface area (Å²) >= 11 is 5.75. The van der Waals surface area contributed by atoms with Gasteiger partial charge in [0.25, 0.3) is 0 Å². The molecule has 1 amide bonds. The Morgan fingerprint density at radius 1 is 1.19 bits per heavy atom. The van der Waals surface area contributed by atoms with Gasteiger partial charge < -0.3 is 4.74 Å². The number of halogens is 2. The molecular formula is C20H16BrIN2O2. The van der Waals surface area contributed by atoms with Crippen LogP contribution in [0.15, 0.2) is 64.2 Å². The molecule has 132 valence electrons. The summed E-state index contributed by atoms with van der Waals surface area (Å²) in [5, 5.41) is 6.21. The van der Waals surface area contributed by atoms with Gasteiger partial charge in [0.15, 0.2) is 0 Å². The van der Waals surface area contributed by atoms with Gasteiger partial charge in [-0.15, -0.1) is 0 Å². The lowest BCUT2D eigenvalue weighted by Gasteiger charge is -2.07. The van der Waals surface area contributed by atoms with Gasteiger partial charge in [-0.25, -0.2) is 5.43 Å². The van der Waals surface area contributed by atoms with Crippen LogP contribution in [0.25, 0.3) is 10.8 Å². The molecule has 3 aromatic carbocycles. The third kappa shape index (κ3) is 4.42. The lowest BCUT2D eigenvalue weighted by atomic mass is 10.0. The molecule has 0 saturated carbocycles. The van der Waals surface area contributed by atoms with Crippen LogP contribution in [-0.2, 0) is 11.2 Å². The van der Waals surface area contributed by atoms with E-state index in [-0.39, 0.29) is 12.3 Å². The molecular weight excluding hydrogens is 507 g/mol. The predicted molar refractivity (Wildman–Crippen MR) is 117 cm³/mol. The first kappa shape index (κ1) is 18.8. The first-order valence-corrected chi connectivity index (χ1v) is 9.77. The smallest absolute Gasteiger partial charge is 0.244 e. The highest BCUT2D eigenvalue weighted by molar-refractivity contribution is 14.1. The second-order valence-corrected chi connectivity index (χ2v) is 7.63. The van der Waals surface area contributed by atoms with Crippen LogP contribution in [-0.4, -0.2) is 19.2 Å². The summed E-state index contributed by atoms with van der Waals surface area (Å²) in [5.41, 5.74) is 4.45. The molecule has 0 aliphatic rings. The van der Waals surface area contributed by atoms with Crippen molar-refractivity contribution in [1.82, 2.24) is 5.43 Å². The zero-order chi connectivity index (χ0) is 18.5. The van der Waals surface area contributed by atoms with Crippen molar-refractivity contribution in [1.29, 1.82) is 0 Å². The lowest BCUT2D eigenvalue weighted by molar-refractivity contribution is -0.120. The zero-order valence-electron chi connectivity index (χ0n) is 14.0. The second kappa shape index (κ2) is 8.64. The Labute approximate surface area is 173 Å². The van der Waals surface area contributed by atoms with Gasteiger partial charge in [-0.3, -0.25) is 4.79 Å². The Kier molecular flexibility index (Phi) is 6.26. The van der Waals surface area contributed by atoms with Gasteiger partial charge in [0, 0.05) is 4.47 Å². The van der Waals surface area contributed by atoms with Crippen molar-refractivity contribution >= 4 is 61.4 Å². The molecule has 0 spiro atoms. The summed E-state index contributed by atoms with van der Waals surface area (Å²) in [4.78, 5) is 12.2. The number of carbonyl (C=O) groups excluding carboxylic acids is 1. The number of nitrogens with zero attached hydrogens (tertiary/aromatic N) is 1. The van der Waals surface area contributed by atoms with Crippen LogP contribution in [0.3, 0.4) is 0 Å². The van der Waals surface area contributed by atoms with Gasteiger partial charge in [0.1, 0.15) is 5.75 Å². The summed E-state index contributed by atoms with van der Waals surface area (Å²) in [6.07, 6.45) is 1.89. The summed E-state index contributed by atoms with van der Waals surface area (Å²) in [5.74, 6) is 0.658. The monoisotopic (exact) mass is 522 g/mol. The number of ether oxygens (including phenoxy) is 1. The number of methoxy groups -OCH3 is 1. The Morgan fingerprint density at radius 3 is 2.69 bits per heavy atom. The maximum Gasteiger partial charge on any atom is 0.244 e. The quantitative estimate of drug-likeness (QED) is 0.294. The number of amides is 1. The molecule has 1 N–H and O–H groups in total. The van der Waals surface area contributed by atoms with E-state index >= 15 is 0 Å². The van der Waals surface area contributed by atoms with Gasteiger partial charge in [0.05, 0.1) is 23.3 Å². The number of nitrogens with one attached hydrogen (secondary N) is 1. The largest absolute Gasteiger partial charge is 0.496 e. The Balaban J connectivity index is 1.68. The topological polar surface area (TPSA) is 50.7 Å². The third-order valence-corrected chi connectivity index (χ3v) is 5.43. The van der Waals surface area contributed by atoms with Crippen molar-refractivity contribution in [2.45, 2.75) is 6.42 Å². The number of hydrazone groups is 1. The number of rotatable bonds is 5. The Morgan fingerprint density at radius 2 is 1.96 bits per heavy atom. The Hall–Kier alpha value is -1.93.